The lowest BCUT2D eigenvalue weighted by Gasteiger charge is -2.28. The van der Waals surface area contributed by atoms with E-state index in [9.17, 15) is 4.79 Å². The number of ether oxygens (including phenoxy) is 2. The summed E-state index contributed by atoms with van der Waals surface area (Å²) in [5.41, 5.74) is 2.88. The normalized spacial score (nSPS) is 14.0. The van der Waals surface area contributed by atoms with Gasteiger partial charge in [-0.15, -0.1) is 0 Å². The van der Waals surface area contributed by atoms with Crippen molar-refractivity contribution in [3.05, 3.63) is 48.0 Å². The molecule has 26 heavy (non-hydrogen) atoms. The Morgan fingerprint density at radius 2 is 1.73 bits per heavy atom. The zero-order valence-corrected chi connectivity index (χ0v) is 15.5. The van der Waals surface area contributed by atoms with Crippen LogP contribution in [-0.2, 0) is 11.2 Å². The standard InChI is InChI=1S/C21H26N2O3/c1-25-18-10-11-19(20(15-18)26-2)22-21(24)14-16-6-8-17(9-7-16)23-12-4-3-5-13-23/h6-11,15H,3-5,12-14H2,1-2H3,(H,22,24). The molecule has 5 heteroatoms. The van der Waals surface area contributed by atoms with Crippen LogP contribution in [0.5, 0.6) is 11.5 Å². The number of nitrogens with zero attached hydrogens (tertiary/aromatic N) is 1. The Balaban J connectivity index is 1.61. The van der Waals surface area contributed by atoms with Crippen molar-refractivity contribution in [2.24, 2.45) is 0 Å². The largest absolute Gasteiger partial charge is 0.497 e. The van der Waals surface area contributed by atoms with Crippen molar-refractivity contribution in [2.45, 2.75) is 25.7 Å². The molecule has 0 aromatic heterocycles. The molecule has 138 valence electrons. The molecular weight excluding hydrogens is 328 g/mol. The van der Waals surface area contributed by atoms with Crippen LogP contribution in [0, 0.1) is 0 Å². The number of nitrogens with one attached hydrogen (secondary N) is 1. The fourth-order valence-electron chi connectivity index (χ4n) is 3.26. The minimum absolute atomic E-state index is 0.0702. The van der Waals surface area contributed by atoms with E-state index in [0.717, 1.165) is 18.7 Å². The highest BCUT2D eigenvalue weighted by Gasteiger charge is 2.12. The molecule has 1 N–H and O–H groups in total. The number of rotatable bonds is 6. The SMILES string of the molecule is COc1ccc(NC(=O)Cc2ccc(N3CCCCC3)cc2)c(OC)c1. The van der Waals surface area contributed by atoms with Crippen LogP contribution in [-0.4, -0.2) is 33.2 Å². The van der Waals surface area contributed by atoms with E-state index in [1.54, 1.807) is 32.4 Å². The molecule has 0 spiro atoms. The molecule has 0 radical (unpaired) electrons. The second-order valence-corrected chi connectivity index (χ2v) is 6.51. The zero-order chi connectivity index (χ0) is 18.4. The van der Waals surface area contributed by atoms with Crippen LogP contribution in [0.3, 0.4) is 0 Å². The van der Waals surface area contributed by atoms with Crippen LogP contribution in [0.2, 0.25) is 0 Å². The maximum absolute atomic E-state index is 12.4. The van der Waals surface area contributed by atoms with E-state index in [0.29, 0.717) is 23.6 Å². The molecule has 0 aliphatic carbocycles. The maximum atomic E-state index is 12.4. The molecular formula is C21H26N2O3. The van der Waals surface area contributed by atoms with E-state index in [2.05, 4.69) is 22.3 Å². The van der Waals surface area contributed by atoms with Crippen molar-refractivity contribution >= 4 is 17.3 Å². The number of carbonyl (C=O) groups excluding carboxylic acids is 1. The second kappa shape index (κ2) is 8.61. The number of benzene rings is 2. The Bertz CT molecular complexity index is 737. The van der Waals surface area contributed by atoms with Crippen LogP contribution in [0.15, 0.2) is 42.5 Å². The summed E-state index contributed by atoms with van der Waals surface area (Å²) in [6.07, 6.45) is 4.17. The predicted molar refractivity (Wildman–Crippen MR) is 104 cm³/mol. The molecule has 0 unspecified atom stereocenters. The molecule has 1 saturated heterocycles. The van der Waals surface area contributed by atoms with E-state index in [4.69, 9.17) is 9.47 Å². The lowest BCUT2D eigenvalue weighted by atomic mass is 10.1. The third-order valence-corrected chi connectivity index (χ3v) is 4.71. The van der Waals surface area contributed by atoms with Crippen molar-refractivity contribution in [3.63, 3.8) is 0 Å². The van der Waals surface area contributed by atoms with Gasteiger partial charge in [-0.3, -0.25) is 4.79 Å². The predicted octanol–water partition coefficient (Wildman–Crippen LogP) is 3.88. The highest BCUT2D eigenvalue weighted by Crippen LogP contribution is 2.29. The van der Waals surface area contributed by atoms with Gasteiger partial charge in [0.1, 0.15) is 11.5 Å². The number of piperidine rings is 1. The molecule has 0 atom stereocenters. The van der Waals surface area contributed by atoms with Gasteiger partial charge in [0.05, 0.1) is 26.3 Å². The molecule has 2 aromatic rings. The van der Waals surface area contributed by atoms with E-state index in [-0.39, 0.29) is 5.91 Å². The van der Waals surface area contributed by atoms with Gasteiger partial charge >= 0.3 is 0 Å². The van der Waals surface area contributed by atoms with Gasteiger partial charge in [-0.05, 0) is 49.1 Å². The number of hydrogen-bond donors (Lipinski definition) is 1. The lowest BCUT2D eigenvalue weighted by Crippen LogP contribution is -2.29. The first kappa shape index (κ1) is 18.1. The number of amides is 1. The topological polar surface area (TPSA) is 50.8 Å². The Hall–Kier alpha value is -2.69. The van der Waals surface area contributed by atoms with Crippen molar-refractivity contribution in [1.29, 1.82) is 0 Å². The van der Waals surface area contributed by atoms with E-state index >= 15 is 0 Å². The van der Waals surface area contributed by atoms with Crippen LogP contribution >= 0.6 is 0 Å². The van der Waals surface area contributed by atoms with Gasteiger partial charge in [-0.2, -0.15) is 0 Å². The Labute approximate surface area is 154 Å². The van der Waals surface area contributed by atoms with E-state index in [1.165, 1.54) is 24.9 Å². The van der Waals surface area contributed by atoms with Gasteiger partial charge in [0.2, 0.25) is 5.91 Å². The third-order valence-electron chi connectivity index (χ3n) is 4.71. The quantitative estimate of drug-likeness (QED) is 0.855. The summed E-state index contributed by atoms with van der Waals surface area (Å²) in [6, 6.07) is 13.6. The fourth-order valence-corrected chi connectivity index (χ4v) is 3.26. The number of hydrogen-bond acceptors (Lipinski definition) is 4. The van der Waals surface area contributed by atoms with Crippen LogP contribution < -0.4 is 19.7 Å². The van der Waals surface area contributed by atoms with Gasteiger partial charge in [0.25, 0.3) is 0 Å². The van der Waals surface area contributed by atoms with Crippen molar-refractivity contribution in [2.75, 3.05) is 37.5 Å². The summed E-state index contributed by atoms with van der Waals surface area (Å²) < 4.78 is 10.5. The molecule has 0 saturated carbocycles. The van der Waals surface area contributed by atoms with Crippen LogP contribution in [0.4, 0.5) is 11.4 Å². The monoisotopic (exact) mass is 354 g/mol. The van der Waals surface area contributed by atoms with E-state index < -0.39 is 0 Å². The van der Waals surface area contributed by atoms with Gasteiger partial charge in [-0.1, -0.05) is 12.1 Å². The van der Waals surface area contributed by atoms with Gasteiger partial charge in [-0.25, -0.2) is 0 Å². The van der Waals surface area contributed by atoms with Gasteiger partial charge in [0.15, 0.2) is 0 Å². The second-order valence-electron chi connectivity index (χ2n) is 6.51. The Kier molecular flexibility index (Phi) is 6.00. The van der Waals surface area contributed by atoms with E-state index in [1.807, 2.05) is 12.1 Å². The summed E-state index contributed by atoms with van der Waals surface area (Å²) in [5.74, 6) is 1.20. The van der Waals surface area contributed by atoms with Crippen LogP contribution in [0.25, 0.3) is 0 Å². The minimum Gasteiger partial charge on any atom is -0.497 e. The first-order valence-corrected chi connectivity index (χ1v) is 9.05. The van der Waals surface area contributed by atoms with Crippen LogP contribution in [0.1, 0.15) is 24.8 Å². The average molecular weight is 354 g/mol. The van der Waals surface area contributed by atoms with Crippen molar-refractivity contribution < 1.29 is 14.3 Å². The molecule has 2 aromatic carbocycles. The Morgan fingerprint density at radius 1 is 1.00 bits per heavy atom. The van der Waals surface area contributed by atoms with Crippen molar-refractivity contribution in [3.8, 4) is 11.5 Å². The summed E-state index contributed by atoms with van der Waals surface area (Å²) in [5, 5.41) is 2.91. The molecule has 1 fully saturated rings. The highest BCUT2D eigenvalue weighted by atomic mass is 16.5. The molecule has 1 aliphatic heterocycles. The van der Waals surface area contributed by atoms with Gasteiger partial charge < -0.3 is 19.7 Å². The Morgan fingerprint density at radius 3 is 2.38 bits per heavy atom. The summed E-state index contributed by atoms with van der Waals surface area (Å²) in [6.45, 7) is 2.24. The summed E-state index contributed by atoms with van der Waals surface area (Å²) in [4.78, 5) is 14.8. The first-order valence-electron chi connectivity index (χ1n) is 9.05. The maximum Gasteiger partial charge on any atom is 0.228 e. The molecule has 1 aliphatic rings. The molecule has 5 nitrogen and oxygen atoms in total. The highest BCUT2D eigenvalue weighted by molar-refractivity contribution is 5.93. The van der Waals surface area contributed by atoms with Gasteiger partial charge in [0, 0.05) is 24.8 Å². The first-order chi connectivity index (χ1) is 12.7. The molecule has 0 bridgehead atoms. The number of carbonyl (C=O) groups is 1. The number of anilines is 2. The van der Waals surface area contributed by atoms with Crippen molar-refractivity contribution in [1.82, 2.24) is 0 Å². The molecule has 1 amide bonds. The summed E-state index contributed by atoms with van der Waals surface area (Å²) in [7, 11) is 3.17. The smallest absolute Gasteiger partial charge is 0.228 e. The fraction of sp³-hybridized carbons (Fsp3) is 0.381. The zero-order valence-electron chi connectivity index (χ0n) is 15.5. The lowest BCUT2D eigenvalue weighted by molar-refractivity contribution is -0.115. The molecule has 3 rings (SSSR count). The molecule has 1 heterocycles. The third kappa shape index (κ3) is 4.48. The average Bonchev–Trinajstić information content (AvgIpc) is 2.69. The number of methoxy groups -OCH3 is 2. The summed E-state index contributed by atoms with van der Waals surface area (Å²) >= 11 is 0. The minimum atomic E-state index is -0.0702.